The Morgan fingerprint density at radius 1 is 0.837 bits per heavy atom. The maximum absolute atomic E-state index is 14.3. The number of anilines is 1. The molecular weight excluding hydrogens is 589 g/mol. The number of hydrogen-bond donors (Lipinski definition) is 1. The van der Waals surface area contributed by atoms with Crippen molar-refractivity contribution in [2.24, 2.45) is 0 Å². The molecule has 7 nitrogen and oxygen atoms in total. The Morgan fingerprint density at radius 3 is 2.07 bits per heavy atom. The van der Waals surface area contributed by atoms with Crippen LogP contribution in [0.2, 0.25) is 5.02 Å². The summed E-state index contributed by atoms with van der Waals surface area (Å²) in [7, 11) is -4.25. The van der Waals surface area contributed by atoms with Gasteiger partial charge >= 0.3 is 0 Å². The molecule has 0 aliphatic heterocycles. The third kappa shape index (κ3) is 8.21. The number of benzene rings is 4. The van der Waals surface area contributed by atoms with Crippen molar-refractivity contribution in [3.8, 4) is 0 Å². The van der Waals surface area contributed by atoms with Crippen LogP contribution < -0.4 is 9.62 Å². The number of carbonyl (C=O) groups is 2. The summed E-state index contributed by atoms with van der Waals surface area (Å²) in [4.78, 5) is 29.3. The molecule has 0 aliphatic rings. The second-order valence-corrected chi connectivity index (χ2v) is 12.2. The summed E-state index contributed by atoms with van der Waals surface area (Å²) in [6, 6.07) is 28.0. The van der Waals surface area contributed by atoms with Gasteiger partial charge in [-0.05, 0) is 53.9 Å². The molecule has 4 aromatic rings. The standard InChI is InChI=1S/C33H33ClFN3O4S/c1-2-21-36-33(40)31(22-25-11-5-3-6-12-25)37(23-26-17-19-27(35)20-18-26)32(39)24-38(30-16-10-9-15-29(30)34)43(41,42)28-13-7-4-8-14-28/h3-20,31H,2,21-24H2,1H3,(H,36,40). The van der Waals surface area contributed by atoms with E-state index in [0.717, 1.165) is 9.87 Å². The Balaban J connectivity index is 1.79. The van der Waals surface area contributed by atoms with Gasteiger partial charge in [0.05, 0.1) is 15.6 Å². The molecule has 0 aromatic heterocycles. The smallest absolute Gasteiger partial charge is 0.264 e. The van der Waals surface area contributed by atoms with Crippen LogP contribution in [0.25, 0.3) is 0 Å². The van der Waals surface area contributed by atoms with E-state index < -0.39 is 34.3 Å². The molecule has 43 heavy (non-hydrogen) atoms. The molecule has 0 aliphatic carbocycles. The SMILES string of the molecule is CCCNC(=O)C(Cc1ccccc1)N(Cc1ccc(F)cc1)C(=O)CN(c1ccccc1Cl)S(=O)(=O)c1ccccc1. The predicted molar refractivity (Wildman–Crippen MR) is 167 cm³/mol. The van der Waals surface area contributed by atoms with Gasteiger partial charge in [-0.1, -0.05) is 91.3 Å². The van der Waals surface area contributed by atoms with E-state index in [1.807, 2.05) is 37.3 Å². The van der Waals surface area contributed by atoms with Crippen molar-refractivity contribution in [1.29, 1.82) is 0 Å². The number of hydrogen-bond acceptors (Lipinski definition) is 4. The Morgan fingerprint density at radius 2 is 1.44 bits per heavy atom. The fourth-order valence-electron chi connectivity index (χ4n) is 4.59. The third-order valence-electron chi connectivity index (χ3n) is 6.82. The topological polar surface area (TPSA) is 86.8 Å². The average Bonchev–Trinajstić information content (AvgIpc) is 3.02. The fraction of sp³-hybridized carbons (Fsp3) is 0.212. The van der Waals surface area contributed by atoms with Crippen LogP contribution in [-0.4, -0.2) is 44.3 Å². The lowest BCUT2D eigenvalue weighted by molar-refractivity contribution is -0.140. The molecule has 1 N–H and O–H groups in total. The van der Waals surface area contributed by atoms with E-state index in [1.165, 1.54) is 47.4 Å². The zero-order valence-electron chi connectivity index (χ0n) is 23.7. The first-order chi connectivity index (χ1) is 20.7. The monoisotopic (exact) mass is 621 g/mol. The fourth-order valence-corrected chi connectivity index (χ4v) is 6.34. The van der Waals surface area contributed by atoms with Gasteiger partial charge in [0.2, 0.25) is 11.8 Å². The molecule has 0 heterocycles. The van der Waals surface area contributed by atoms with Crippen LogP contribution in [0.4, 0.5) is 10.1 Å². The first-order valence-electron chi connectivity index (χ1n) is 13.9. The van der Waals surface area contributed by atoms with Crippen LogP contribution in [0.5, 0.6) is 0 Å². The average molecular weight is 622 g/mol. The largest absolute Gasteiger partial charge is 0.354 e. The Hall–Kier alpha value is -4.21. The van der Waals surface area contributed by atoms with Crippen LogP contribution >= 0.6 is 11.6 Å². The van der Waals surface area contributed by atoms with Gasteiger partial charge in [-0.2, -0.15) is 0 Å². The highest BCUT2D eigenvalue weighted by Gasteiger charge is 2.35. The van der Waals surface area contributed by atoms with Crippen LogP contribution in [0, 0.1) is 5.82 Å². The van der Waals surface area contributed by atoms with E-state index in [-0.39, 0.29) is 34.5 Å². The summed E-state index contributed by atoms with van der Waals surface area (Å²) in [5.74, 6) is -1.45. The normalized spacial score (nSPS) is 11.9. The Bertz CT molecular complexity index is 1620. The number of amides is 2. The number of carbonyl (C=O) groups excluding carboxylic acids is 2. The van der Waals surface area contributed by atoms with E-state index in [2.05, 4.69) is 5.32 Å². The molecule has 0 spiro atoms. The molecule has 10 heteroatoms. The van der Waals surface area contributed by atoms with Gasteiger partial charge in [0.15, 0.2) is 0 Å². The second kappa shape index (κ2) is 14.8. The van der Waals surface area contributed by atoms with Crippen LogP contribution in [0.1, 0.15) is 24.5 Å². The van der Waals surface area contributed by atoms with Crippen molar-refractivity contribution in [3.63, 3.8) is 0 Å². The van der Waals surface area contributed by atoms with Crippen molar-refractivity contribution in [2.75, 3.05) is 17.4 Å². The van der Waals surface area contributed by atoms with Crippen molar-refractivity contribution in [3.05, 3.63) is 131 Å². The minimum atomic E-state index is -4.25. The van der Waals surface area contributed by atoms with E-state index in [4.69, 9.17) is 11.6 Å². The first kappa shape index (κ1) is 31.7. The maximum atomic E-state index is 14.3. The van der Waals surface area contributed by atoms with E-state index in [9.17, 15) is 22.4 Å². The van der Waals surface area contributed by atoms with Crippen molar-refractivity contribution in [1.82, 2.24) is 10.2 Å². The molecule has 2 amide bonds. The molecule has 4 aromatic carbocycles. The Kier molecular flexibility index (Phi) is 10.9. The number of nitrogens with one attached hydrogen (secondary N) is 1. The van der Waals surface area contributed by atoms with Crippen molar-refractivity contribution >= 4 is 39.1 Å². The minimum absolute atomic E-state index is 0.0191. The number of rotatable bonds is 13. The quantitative estimate of drug-likeness (QED) is 0.203. The molecule has 1 atom stereocenters. The lowest BCUT2D eigenvalue weighted by Gasteiger charge is -2.34. The summed E-state index contributed by atoms with van der Waals surface area (Å²) in [6.07, 6.45) is 0.867. The summed E-state index contributed by atoms with van der Waals surface area (Å²) in [5.41, 5.74) is 1.51. The highest BCUT2D eigenvalue weighted by molar-refractivity contribution is 7.92. The highest BCUT2D eigenvalue weighted by Crippen LogP contribution is 2.31. The van der Waals surface area contributed by atoms with Gasteiger partial charge in [0.1, 0.15) is 18.4 Å². The summed E-state index contributed by atoms with van der Waals surface area (Å²) in [5, 5.41) is 3.03. The number of para-hydroxylation sites is 1. The molecular formula is C33H33ClFN3O4S. The van der Waals surface area contributed by atoms with Crippen LogP contribution in [0.3, 0.4) is 0 Å². The molecule has 0 saturated heterocycles. The van der Waals surface area contributed by atoms with Crippen molar-refractivity contribution < 1.29 is 22.4 Å². The summed E-state index contributed by atoms with van der Waals surface area (Å²) >= 11 is 6.47. The van der Waals surface area contributed by atoms with Gasteiger partial charge in [-0.25, -0.2) is 12.8 Å². The molecule has 0 saturated carbocycles. The summed E-state index contributed by atoms with van der Waals surface area (Å²) in [6.45, 7) is 1.63. The third-order valence-corrected chi connectivity index (χ3v) is 8.91. The maximum Gasteiger partial charge on any atom is 0.264 e. The van der Waals surface area contributed by atoms with Gasteiger partial charge < -0.3 is 10.2 Å². The Labute approximate surface area is 257 Å². The number of nitrogens with zero attached hydrogens (tertiary/aromatic N) is 2. The van der Waals surface area contributed by atoms with Gasteiger partial charge in [-0.3, -0.25) is 13.9 Å². The van der Waals surface area contributed by atoms with E-state index >= 15 is 0 Å². The molecule has 4 rings (SSSR count). The van der Waals surface area contributed by atoms with Crippen molar-refractivity contribution in [2.45, 2.75) is 37.2 Å². The molecule has 0 fully saturated rings. The highest BCUT2D eigenvalue weighted by atomic mass is 35.5. The second-order valence-electron chi connectivity index (χ2n) is 9.92. The van der Waals surface area contributed by atoms with E-state index in [1.54, 1.807) is 36.4 Å². The van der Waals surface area contributed by atoms with Gasteiger partial charge in [0, 0.05) is 19.5 Å². The van der Waals surface area contributed by atoms with Crippen LogP contribution in [-0.2, 0) is 32.6 Å². The lowest BCUT2D eigenvalue weighted by Crippen LogP contribution is -2.53. The number of halogens is 2. The molecule has 0 bridgehead atoms. The summed E-state index contributed by atoms with van der Waals surface area (Å²) < 4.78 is 42.6. The minimum Gasteiger partial charge on any atom is -0.354 e. The zero-order valence-corrected chi connectivity index (χ0v) is 25.3. The van der Waals surface area contributed by atoms with E-state index in [0.29, 0.717) is 18.5 Å². The van der Waals surface area contributed by atoms with Crippen LogP contribution in [0.15, 0.2) is 114 Å². The van der Waals surface area contributed by atoms with Gasteiger partial charge in [-0.15, -0.1) is 0 Å². The lowest BCUT2D eigenvalue weighted by atomic mass is 10.0. The number of sulfonamides is 1. The molecule has 1 unspecified atom stereocenters. The molecule has 0 radical (unpaired) electrons. The molecule has 224 valence electrons. The zero-order chi connectivity index (χ0) is 30.8. The predicted octanol–water partition coefficient (Wildman–Crippen LogP) is 5.84. The first-order valence-corrected chi connectivity index (χ1v) is 15.7. The van der Waals surface area contributed by atoms with Gasteiger partial charge in [0.25, 0.3) is 10.0 Å².